The highest BCUT2D eigenvalue weighted by Crippen LogP contribution is 2.25. The molecule has 2 aromatic heterocycles. The third kappa shape index (κ3) is 3.93. The lowest BCUT2D eigenvalue weighted by molar-refractivity contribution is -0.120. The van der Waals surface area contributed by atoms with E-state index in [4.69, 9.17) is 0 Å². The normalized spacial score (nSPS) is 16.9. The van der Waals surface area contributed by atoms with Gasteiger partial charge in [0.2, 0.25) is 5.91 Å². The smallest absolute Gasteiger partial charge is 0.272 e. The van der Waals surface area contributed by atoms with Crippen molar-refractivity contribution in [2.45, 2.75) is 25.9 Å². The molecule has 2 amide bonds. The molecule has 0 atom stereocenters. The standard InChI is InChI=1S/C24H27N5O2/c1-27-14-17(20-4-2-3-5-22(20)27)6-9-28-15-18-12-21(26-13-19(18)16-28)24(31)29-10-7-23(30)25-8-11-29/h2-5,12-14H,6-11,15-16H2,1H3,(H,25,30). The fourth-order valence-electron chi connectivity index (χ4n) is 4.66. The van der Waals surface area contributed by atoms with E-state index in [0.717, 1.165) is 26.1 Å². The van der Waals surface area contributed by atoms with Gasteiger partial charge in [0.25, 0.3) is 5.91 Å². The summed E-state index contributed by atoms with van der Waals surface area (Å²) >= 11 is 0. The molecule has 3 aromatic rings. The topological polar surface area (TPSA) is 70.5 Å². The molecule has 0 saturated carbocycles. The second-order valence-corrected chi connectivity index (χ2v) is 8.47. The number of nitrogens with zero attached hydrogens (tertiary/aromatic N) is 4. The van der Waals surface area contributed by atoms with Crippen LogP contribution < -0.4 is 5.32 Å². The molecule has 4 heterocycles. The quantitative estimate of drug-likeness (QED) is 0.706. The lowest BCUT2D eigenvalue weighted by Gasteiger charge is -2.19. The van der Waals surface area contributed by atoms with Crippen molar-refractivity contribution in [3.8, 4) is 0 Å². The Morgan fingerprint density at radius 3 is 2.90 bits per heavy atom. The number of nitrogens with one attached hydrogen (secondary N) is 1. The van der Waals surface area contributed by atoms with Gasteiger partial charge in [-0.15, -0.1) is 0 Å². The van der Waals surface area contributed by atoms with Gasteiger partial charge in [-0.2, -0.15) is 0 Å². The summed E-state index contributed by atoms with van der Waals surface area (Å²) in [5.41, 5.74) is 5.49. The molecule has 0 unspecified atom stereocenters. The van der Waals surface area contributed by atoms with Crippen LogP contribution in [0.25, 0.3) is 10.9 Å². The van der Waals surface area contributed by atoms with Gasteiger partial charge in [0.15, 0.2) is 0 Å². The first kappa shape index (κ1) is 19.8. The second-order valence-electron chi connectivity index (χ2n) is 8.47. The molecule has 1 N–H and O–H groups in total. The summed E-state index contributed by atoms with van der Waals surface area (Å²) < 4.78 is 2.19. The van der Waals surface area contributed by atoms with Crippen LogP contribution in [0.1, 0.15) is 33.6 Å². The molecule has 1 fully saturated rings. The molecule has 1 aromatic carbocycles. The molecule has 160 valence electrons. The van der Waals surface area contributed by atoms with Crippen molar-refractivity contribution < 1.29 is 9.59 Å². The fourth-order valence-corrected chi connectivity index (χ4v) is 4.66. The summed E-state index contributed by atoms with van der Waals surface area (Å²) in [6, 6.07) is 10.5. The van der Waals surface area contributed by atoms with Gasteiger partial charge < -0.3 is 14.8 Å². The zero-order valence-electron chi connectivity index (χ0n) is 17.8. The van der Waals surface area contributed by atoms with Crippen LogP contribution >= 0.6 is 0 Å². The molecule has 0 radical (unpaired) electrons. The number of carbonyl (C=O) groups excluding carboxylic acids is 2. The first-order valence-corrected chi connectivity index (χ1v) is 10.9. The number of carbonyl (C=O) groups is 2. The lowest BCUT2D eigenvalue weighted by atomic mass is 10.1. The van der Waals surface area contributed by atoms with Gasteiger partial charge in [0.1, 0.15) is 5.69 Å². The number of hydrogen-bond donors (Lipinski definition) is 1. The van der Waals surface area contributed by atoms with Crippen molar-refractivity contribution >= 4 is 22.7 Å². The van der Waals surface area contributed by atoms with Crippen LogP contribution in [0.5, 0.6) is 0 Å². The Morgan fingerprint density at radius 2 is 2.00 bits per heavy atom. The monoisotopic (exact) mass is 417 g/mol. The van der Waals surface area contributed by atoms with Crippen LogP contribution in [0.4, 0.5) is 0 Å². The summed E-state index contributed by atoms with van der Waals surface area (Å²) in [7, 11) is 2.10. The van der Waals surface area contributed by atoms with Crippen molar-refractivity contribution in [1.82, 2.24) is 24.7 Å². The van der Waals surface area contributed by atoms with Crippen molar-refractivity contribution in [1.29, 1.82) is 0 Å². The van der Waals surface area contributed by atoms with E-state index in [1.165, 1.54) is 27.6 Å². The number of benzene rings is 1. The number of amides is 2. The Labute approximate surface area is 181 Å². The molecule has 7 nitrogen and oxygen atoms in total. The number of aryl methyl sites for hydroxylation is 1. The van der Waals surface area contributed by atoms with Crippen molar-refractivity contribution in [3.05, 3.63) is 65.1 Å². The predicted molar refractivity (Wildman–Crippen MR) is 119 cm³/mol. The van der Waals surface area contributed by atoms with Crippen LogP contribution in [0.15, 0.2) is 42.7 Å². The first-order valence-electron chi connectivity index (χ1n) is 10.9. The highest BCUT2D eigenvalue weighted by molar-refractivity contribution is 5.93. The SMILES string of the molecule is Cn1cc(CCN2Cc3cnc(C(=O)N4CCNC(=O)CC4)cc3C2)c2ccccc21. The van der Waals surface area contributed by atoms with Gasteiger partial charge in [-0.05, 0) is 35.2 Å². The maximum atomic E-state index is 12.9. The van der Waals surface area contributed by atoms with Crippen molar-refractivity contribution in [3.63, 3.8) is 0 Å². The van der Waals surface area contributed by atoms with Gasteiger partial charge in [-0.3, -0.25) is 19.5 Å². The Bertz CT molecular complexity index is 1150. The highest BCUT2D eigenvalue weighted by Gasteiger charge is 2.24. The number of hydrogen-bond acceptors (Lipinski definition) is 4. The van der Waals surface area contributed by atoms with Gasteiger partial charge in [-0.1, -0.05) is 18.2 Å². The molecule has 2 aliphatic heterocycles. The van der Waals surface area contributed by atoms with Gasteiger partial charge in [0.05, 0.1) is 0 Å². The zero-order valence-corrected chi connectivity index (χ0v) is 17.8. The summed E-state index contributed by atoms with van der Waals surface area (Å²) in [6.07, 6.45) is 5.41. The summed E-state index contributed by atoms with van der Waals surface area (Å²) in [5.74, 6) is -0.0902. The fraction of sp³-hybridized carbons (Fsp3) is 0.375. The first-order chi connectivity index (χ1) is 15.1. The number of pyridine rings is 1. The van der Waals surface area contributed by atoms with E-state index < -0.39 is 0 Å². The number of aromatic nitrogens is 2. The van der Waals surface area contributed by atoms with Crippen LogP contribution in [0.3, 0.4) is 0 Å². The largest absolute Gasteiger partial charge is 0.354 e. The van der Waals surface area contributed by atoms with E-state index >= 15 is 0 Å². The average Bonchev–Trinajstić information content (AvgIpc) is 3.25. The maximum Gasteiger partial charge on any atom is 0.272 e. The maximum absolute atomic E-state index is 12.9. The predicted octanol–water partition coefficient (Wildman–Crippen LogP) is 2.09. The second kappa shape index (κ2) is 8.15. The van der Waals surface area contributed by atoms with Crippen molar-refractivity contribution in [2.24, 2.45) is 7.05 Å². The zero-order chi connectivity index (χ0) is 21.4. The Kier molecular flexibility index (Phi) is 5.19. The third-order valence-corrected chi connectivity index (χ3v) is 6.37. The van der Waals surface area contributed by atoms with E-state index in [0.29, 0.717) is 31.7 Å². The molecule has 5 rings (SSSR count). The Hall–Kier alpha value is -3.19. The van der Waals surface area contributed by atoms with Crippen LogP contribution in [-0.2, 0) is 31.4 Å². The van der Waals surface area contributed by atoms with E-state index in [2.05, 4.69) is 57.3 Å². The third-order valence-electron chi connectivity index (χ3n) is 6.37. The molecule has 0 aliphatic carbocycles. The Morgan fingerprint density at radius 1 is 1.16 bits per heavy atom. The summed E-state index contributed by atoms with van der Waals surface area (Å²) in [5, 5.41) is 4.13. The minimum Gasteiger partial charge on any atom is -0.354 e. The number of para-hydroxylation sites is 1. The molecule has 2 aliphatic rings. The van der Waals surface area contributed by atoms with Gasteiger partial charge >= 0.3 is 0 Å². The van der Waals surface area contributed by atoms with E-state index in [1.807, 2.05) is 12.3 Å². The van der Waals surface area contributed by atoms with E-state index in [9.17, 15) is 9.59 Å². The molecule has 0 bridgehead atoms. The highest BCUT2D eigenvalue weighted by atomic mass is 16.2. The number of rotatable bonds is 4. The summed E-state index contributed by atoms with van der Waals surface area (Å²) in [6.45, 7) is 4.14. The minimum atomic E-state index is -0.0893. The summed E-state index contributed by atoms with van der Waals surface area (Å²) in [4.78, 5) is 33.0. The Balaban J connectivity index is 1.25. The van der Waals surface area contributed by atoms with Gasteiger partial charge in [0, 0.05) is 76.0 Å². The minimum absolute atomic E-state index is 0.000881. The molecule has 31 heavy (non-hydrogen) atoms. The molecule has 0 spiro atoms. The number of fused-ring (bicyclic) bond motifs is 2. The lowest BCUT2D eigenvalue weighted by Crippen LogP contribution is -2.34. The van der Waals surface area contributed by atoms with E-state index in [1.54, 1.807) is 4.90 Å². The van der Waals surface area contributed by atoms with E-state index in [-0.39, 0.29) is 11.8 Å². The molecule has 1 saturated heterocycles. The molecular weight excluding hydrogens is 390 g/mol. The van der Waals surface area contributed by atoms with Crippen molar-refractivity contribution in [2.75, 3.05) is 26.2 Å². The average molecular weight is 418 g/mol. The molecule has 7 heteroatoms. The van der Waals surface area contributed by atoms with Crippen LogP contribution in [0.2, 0.25) is 0 Å². The molecular formula is C24H27N5O2. The van der Waals surface area contributed by atoms with Crippen LogP contribution in [-0.4, -0.2) is 57.3 Å². The van der Waals surface area contributed by atoms with Gasteiger partial charge in [-0.25, -0.2) is 0 Å². The van der Waals surface area contributed by atoms with Crippen LogP contribution in [0, 0.1) is 0 Å².